The van der Waals surface area contributed by atoms with Gasteiger partial charge in [0.2, 0.25) is 5.88 Å². The number of halogens is 6. The van der Waals surface area contributed by atoms with E-state index in [1.807, 2.05) is 19.0 Å². The summed E-state index contributed by atoms with van der Waals surface area (Å²) in [5, 5.41) is 0. The number of amides is 1. The number of carbonyl (C=O) groups excluding carboxylic acids is 1. The largest absolute Gasteiger partial charge is 0.463 e. The summed E-state index contributed by atoms with van der Waals surface area (Å²) >= 11 is 0. The van der Waals surface area contributed by atoms with Crippen LogP contribution >= 0.6 is 0 Å². The minimum Gasteiger partial charge on any atom is -0.463 e. The third-order valence-corrected chi connectivity index (χ3v) is 6.68. The van der Waals surface area contributed by atoms with Crippen molar-refractivity contribution in [2.75, 3.05) is 34.3 Å². The summed E-state index contributed by atoms with van der Waals surface area (Å²) in [6.45, 7) is 5.47. The lowest BCUT2D eigenvalue weighted by molar-refractivity contribution is -0.143. The van der Waals surface area contributed by atoms with Crippen LogP contribution in [0.25, 0.3) is 0 Å². The third-order valence-electron chi connectivity index (χ3n) is 6.68. The molecule has 1 amide bonds. The second kappa shape index (κ2) is 12.6. The predicted octanol–water partition coefficient (Wildman–Crippen LogP) is 6.95. The standard InChI is InChI=1S/C29H32F6N4O3/c1-18-10-7-8-11-23(18)42-24-22(17-36-26(37-24)41-13-9-12-38(4)5)25(40)39(6)27(2,3)19-14-20(28(30,31)32)16-21(15-19)29(33,34)35/h7-8,10-11,14-17H,9,12-13H2,1-6H3. The molecule has 0 aliphatic heterocycles. The molecule has 1 aromatic heterocycles. The second-order valence-corrected chi connectivity index (χ2v) is 10.5. The van der Waals surface area contributed by atoms with Gasteiger partial charge in [0.25, 0.3) is 5.91 Å². The van der Waals surface area contributed by atoms with Crippen LogP contribution in [0.3, 0.4) is 0 Å². The molecule has 0 atom stereocenters. The summed E-state index contributed by atoms with van der Waals surface area (Å²) < 4.78 is 92.8. The number of ether oxygens (including phenoxy) is 2. The van der Waals surface area contributed by atoms with Gasteiger partial charge in [-0.3, -0.25) is 4.79 Å². The molecule has 13 heteroatoms. The Morgan fingerprint density at radius 2 is 1.48 bits per heavy atom. The van der Waals surface area contributed by atoms with E-state index >= 15 is 0 Å². The monoisotopic (exact) mass is 598 g/mol. The van der Waals surface area contributed by atoms with Crippen LogP contribution in [0.15, 0.2) is 48.7 Å². The van der Waals surface area contributed by atoms with Crippen molar-refractivity contribution in [2.45, 2.75) is 45.1 Å². The van der Waals surface area contributed by atoms with Crippen molar-refractivity contribution in [1.82, 2.24) is 19.8 Å². The van der Waals surface area contributed by atoms with Crippen LogP contribution in [0, 0.1) is 6.92 Å². The van der Waals surface area contributed by atoms with E-state index in [0.717, 1.165) is 23.2 Å². The van der Waals surface area contributed by atoms with Crippen LogP contribution in [0.5, 0.6) is 17.6 Å². The second-order valence-electron chi connectivity index (χ2n) is 10.5. The number of rotatable bonds is 10. The molecule has 0 saturated heterocycles. The van der Waals surface area contributed by atoms with Crippen molar-refractivity contribution >= 4 is 5.91 Å². The Morgan fingerprint density at radius 1 is 0.905 bits per heavy atom. The van der Waals surface area contributed by atoms with E-state index in [1.165, 1.54) is 20.9 Å². The fraction of sp³-hybridized carbons (Fsp3) is 0.414. The molecule has 0 unspecified atom stereocenters. The van der Waals surface area contributed by atoms with Gasteiger partial charge in [0.05, 0.1) is 29.5 Å². The van der Waals surface area contributed by atoms with Crippen LogP contribution in [0.1, 0.15) is 52.9 Å². The number of alkyl halides is 6. The third kappa shape index (κ3) is 7.90. The maximum absolute atomic E-state index is 13.7. The smallest absolute Gasteiger partial charge is 0.416 e. The Hall–Kier alpha value is -3.87. The first-order valence-corrected chi connectivity index (χ1v) is 12.9. The van der Waals surface area contributed by atoms with E-state index in [1.54, 1.807) is 31.2 Å². The van der Waals surface area contributed by atoms with E-state index in [0.29, 0.717) is 24.3 Å². The van der Waals surface area contributed by atoms with Gasteiger partial charge < -0.3 is 19.3 Å². The summed E-state index contributed by atoms with van der Waals surface area (Å²) in [4.78, 5) is 25.1. The Bertz CT molecular complexity index is 1370. The summed E-state index contributed by atoms with van der Waals surface area (Å²) in [5.41, 5.74) is -4.42. The predicted molar refractivity (Wildman–Crippen MR) is 144 cm³/mol. The van der Waals surface area contributed by atoms with Crippen molar-refractivity contribution < 1.29 is 40.6 Å². The van der Waals surface area contributed by atoms with Crippen molar-refractivity contribution in [3.63, 3.8) is 0 Å². The minimum absolute atomic E-state index is 0.0423. The van der Waals surface area contributed by atoms with Crippen LogP contribution in [-0.4, -0.2) is 60.0 Å². The van der Waals surface area contributed by atoms with Gasteiger partial charge in [-0.15, -0.1) is 0 Å². The maximum atomic E-state index is 13.7. The van der Waals surface area contributed by atoms with Gasteiger partial charge in [0.15, 0.2) is 0 Å². The van der Waals surface area contributed by atoms with Crippen LogP contribution in [0.4, 0.5) is 26.3 Å². The molecule has 42 heavy (non-hydrogen) atoms. The number of nitrogens with zero attached hydrogens (tertiary/aromatic N) is 4. The summed E-state index contributed by atoms with van der Waals surface area (Å²) in [7, 11) is 5.08. The average Bonchev–Trinajstić information content (AvgIpc) is 2.90. The lowest BCUT2D eigenvalue weighted by Crippen LogP contribution is -2.43. The topological polar surface area (TPSA) is 67.8 Å². The van der Waals surface area contributed by atoms with Gasteiger partial charge in [-0.05, 0) is 76.7 Å². The zero-order valence-electron chi connectivity index (χ0n) is 24.0. The number of carbonyl (C=O) groups is 1. The van der Waals surface area contributed by atoms with Crippen molar-refractivity contribution in [3.05, 3.63) is 76.5 Å². The molecule has 1 heterocycles. The Labute approximate surface area is 240 Å². The van der Waals surface area contributed by atoms with Gasteiger partial charge >= 0.3 is 18.4 Å². The number of benzene rings is 2. The number of aromatic nitrogens is 2. The summed E-state index contributed by atoms with van der Waals surface area (Å²) in [5.74, 6) is -0.610. The van der Waals surface area contributed by atoms with Gasteiger partial charge in [-0.1, -0.05) is 18.2 Å². The highest BCUT2D eigenvalue weighted by Gasteiger charge is 2.40. The molecule has 228 valence electrons. The van der Waals surface area contributed by atoms with Crippen LogP contribution in [0.2, 0.25) is 0 Å². The van der Waals surface area contributed by atoms with Crippen LogP contribution < -0.4 is 9.47 Å². The zero-order valence-corrected chi connectivity index (χ0v) is 24.0. The van der Waals surface area contributed by atoms with E-state index < -0.39 is 34.9 Å². The molecule has 3 aromatic rings. The van der Waals surface area contributed by atoms with Crippen molar-refractivity contribution in [1.29, 1.82) is 0 Å². The lowest BCUT2D eigenvalue weighted by Gasteiger charge is -2.37. The van der Waals surface area contributed by atoms with Gasteiger partial charge in [0.1, 0.15) is 11.3 Å². The molecule has 7 nitrogen and oxygen atoms in total. The Kier molecular flexibility index (Phi) is 9.76. The first-order valence-electron chi connectivity index (χ1n) is 12.9. The summed E-state index contributed by atoms with van der Waals surface area (Å²) in [6.07, 6.45) is -8.26. The molecule has 0 aliphatic carbocycles. The molecule has 0 saturated carbocycles. The molecule has 0 spiro atoms. The molecule has 0 fully saturated rings. The van der Waals surface area contributed by atoms with E-state index in [9.17, 15) is 31.1 Å². The molecule has 0 bridgehead atoms. The molecular formula is C29H32F6N4O3. The molecule has 0 radical (unpaired) electrons. The lowest BCUT2D eigenvalue weighted by atomic mass is 9.89. The van der Waals surface area contributed by atoms with Gasteiger partial charge in [0, 0.05) is 13.6 Å². The number of para-hydroxylation sites is 1. The average molecular weight is 599 g/mol. The fourth-order valence-corrected chi connectivity index (χ4v) is 3.90. The van der Waals surface area contributed by atoms with E-state index in [-0.39, 0.29) is 35.7 Å². The zero-order chi connectivity index (χ0) is 31.5. The Morgan fingerprint density at radius 3 is 2.02 bits per heavy atom. The molecule has 0 N–H and O–H groups in total. The first kappa shape index (κ1) is 32.6. The van der Waals surface area contributed by atoms with Gasteiger partial charge in [-0.25, -0.2) is 4.98 Å². The highest BCUT2D eigenvalue weighted by molar-refractivity contribution is 5.96. The SMILES string of the molecule is Cc1ccccc1Oc1nc(OCCCN(C)C)ncc1C(=O)N(C)C(C)(C)c1cc(C(F)(F)F)cc(C(F)(F)F)c1. The van der Waals surface area contributed by atoms with E-state index in [4.69, 9.17) is 9.47 Å². The molecule has 3 rings (SSSR count). The van der Waals surface area contributed by atoms with Crippen LogP contribution in [-0.2, 0) is 17.9 Å². The van der Waals surface area contributed by atoms with Crippen molar-refractivity contribution in [3.8, 4) is 17.6 Å². The number of hydrogen-bond acceptors (Lipinski definition) is 6. The van der Waals surface area contributed by atoms with E-state index in [2.05, 4.69) is 9.97 Å². The number of aryl methyl sites for hydroxylation is 1. The molecule has 0 aliphatic rings. The quantitative estimate of drug-likeness (QED) is 0.186. The fourth-order valence-electron chi connectivity index (χ4n) is 3.90. The minimum atomic E-state index is -5.04. The summed E-state index contributed by atoms with van der Waals surface area (Å²) in [6, 6.07) is 8.11. The molecular weight excluding hydrogens is 566 g/mol. The molecule has 2 aromatic carbocycles. The normalized spacial score (nSPS) is 12.4. The highest BCUT2D eigenvalue weighted by atomic mass is 19.4. The van der Waals surface area contributed by atoms with Crippen molar-refractivity contribution in [2.24, 2.45) is 0 Å². The maximum Gasteiger partial charge on any atom is 0.416 e. The van der Waals surface area contributed by atoms with Gasteiger partial charge in [-0.2, -0.15) is 31.3 Å². The first-order chi connectivity index (χ1) is 19.4. The highest BCUT2D eigenvalue weighted by Crippen LogP contribution is 2.40. The Balaban J connectivity index is 2.03. The number of hydrogen-bond donors (Lipinski definition) is 0.